The number of carbonyl (C=O) groups is 2. The van der Waals surface area contributed by atoms with Crippen molar-refractivity contribution in [1.29, 1.82) is 0 Å². The molecular formula is C28H28N2O3. The molecule has 0 saturated carbocycles. The Labute approximate surface area is 194 Å². The molecule has 2 atom stereocenters. The molecule has 0 radical (unpaired) electrons. The van der Waals surface area contributed by atoms with Crippen LogP contribution < -0.4 is 14.5 Å². The zero-order valence-electron chi connectivity index (χ0n) is 19.1. The second kappa shape index (κ2) is 9.74. The third-order valence-corrected chi connectivity index (χ3v) is 6.02. The predicted molar refractivity (Wildman–Crippen MR) is 132 cm³/mol. The molecule has 0 aromatic heterocycles. The van der Waals surface area contributed by atoms with Gasteiger partial charge >= 0.3 is 0 Å². The Morgan fingerprint density at radius 3 is 2.30 bits per heavy atom. The molecule has 168 valence electrons. The summed E-state index contributed by atoms with van der Waals surface area (Å²) in [6, 6.07) is 24.9. The fourth-order valence-electron chi connectivity index (χ4n) is 4.52. The number of para-hydroxylation sites is 2. The fourth-order valence-corrected chi connectivity index (χ4v) is 4.52. The summed E-state index contributed by atoms with van der Waals surface area (Å²) in [5.41, 5.74) is 3.57. The Morgan fingerprint density at radius 1 is 0.970 bits per heavy atom. The number of amides is 2. The van der Waals surface area contributed by atoms with Crippen LogP contribution in [0, 0.1) is 0 Å². The summed E-state index contributed by atoms with van der Waals surface area (Å²) < 4.78 is 5.21. The lowest BCUT2D eigenvalue weighted by molar-refractivity contribution is -0.117. The van der Waals surface area contributed by atoms with Crippen LogP contribution in [0.15, 0.2) is 84.9 Å². The van der Waals surface area contributed by atoms with Gasteiger partial charge in [-0.25, -0.2) is 0 Å². The summed E-state index contributed by atoms with van der Waals surface area (Å²) in [5, 5.41) is 0. The molecule has 4 rings (SSSR count). The summed E-state index contributed by atoms with van der Waals surface area (Å²) in [5.74, 6) is 0.665. The molecule has 0 fully saturated rings. The maximum Gasteiger partial charge on any atom is 0.251 e. The minimum absolute atomic E-state index is 0.00499. The maximum atomic E-state index is 13.6. The molecule has 1 aliphatic heterocycles. The van der Waals surface area contributed by atoms with E-state index in [-0.39, 0.29) is 23.9 Å². The quantitative estimate of drug-likeness (QED) is 0.483. The van der Waals surface area contributed by atoms with Gasteiger partial charge in [-0.15, -0.1) is 0 Å². The molecule has 0 spiro atoms. The number of fused-ring (bicyclic) bond motifs is 1. The minimum atomic E-state index is -0.192. The number of carbonyl (C=O) groups excluding carboxylic acids is 2. The summed E-state index contributed by atoms with van der Waals surface area (Å²) in [6.45, 7) is 3.62. The van der Waals surface area contributed by atoms with Gasteiger partial charge in [-0.1, -0.05) is 48.5 Å². The fraction of sp³-hybridized carbons (Fsp3) is 0.214. The first-order valence-electron chi connectivity index (χ1n) is 11.1. The van der Waals surface area contributed by atoms with Gasteiger partial charge in [0.05, 0.1) is 13.2 Å². The van der Waals surface area contributed by atoms with E-state index in [0.717, 1.165) is 28.3 Å². The highest BCUT2D eigenvalue weighted by Crippen LogP contribution is 2.42. The molecule has 0 N–H and O–H groups in total. The smallest absolute Gasteiger partial charge is 0.251 e. The second-order valence-electron chi connectivity index (χ2n) is 8.20. The van der Waals surface area contributed by atoms with E-state index in [4.69, 9.17) is 4.74 Å². The molecule has 3 aromatic carbocycles. The van der Waals surface area contributed by atoms with Crippen molar-refractivity contribution >= 4 is 29.3 Å². The molecule has 1 aliphatic rings. The van der Waals surface area contributed by atoms with Crippen LogP contribution in [0.1, 0.15) is 37.4 Å². The maximum absolute atomic E-state index is 13.6. The Balaban J connectivity index is 1.73. The molecule has 0 unspecified atom stereocenters. The number of methoxy groups -OCH3 is 1. The Kier molecular flexibility index (Phi) is 6.59. The highest BCUT2D eigenvalue weighted by molar-refractivity contribution is 6.05. The van der Waals surface area contributed by atoms with Crippen molar-refractivity contribution in [2.75, 3.05) is 16.9 Å². The van der Waals surface area contributed by atoms with Crippen LogP contribution in [0.5, 0.6) is 5.75 Å². The Morgan fingerprint density at radius 2 is 1.64 bits per heavy atom. The lowest BCUT2D eigenvalue weighted by atomic mass is 9.90. The number of rotatable bonds is 5. The summed E-state index contributed by atoms with van der Waals surface area (Å²) in [6.07, 6.45) is 4.07. The molecule has 3 aromatic rings. The van der Waals surface area contributed by atoms with Gasteiger partial charge in [0.25, 0.3) is 5.91 Å². The SMILES string of the molecule is COc1ccc(/C=C/C(=O)N(c2ccccc2)[C@H]2C[C@H](C)N(C(C)=O)c3ccccc32)cc1. The van der Waals surface area contributed by atoms with Gasteiger partial charge in [-0.3, -0.25) is 9.59 Å². The third-order valence-electron chi connectivity index (χ3n) is 6.02. The monoisotopic (exact) mass is 440 g/mol. The number of anilines is 2. The van der Waals surface area contributed by atoms with Gasteiger partial charge in [0.15, 0.2) is 0 Å². The lowest BCUT2D eigenvalue weighted by Crippen LogP contribution is -2.46. The molecule has 0 aliphatic carbocycles. The number of nitrogens with zero attached hydrogens (tertiary/aromatic N) is 2. The topological polar surface area (TPSA) is 49.9 Å². The molecule has 2 amide bonds. The summed E-state index contributed by atoms with van der Waals surface area (Å²) in [7, 11) is 1.63. The Hall–Kier alpha value is -3.86. The van der Waals surface area contributed by atoms with E-state index in [9.17, 15) is 9.59 Å². The molecule has 1 heterocycles. The minimum Gasteiger partial charge on any atom is -0.497 e. The van der Waals surface area contributed by atoms with E-state index in [1.807, 2.05) is 102 Å². The van der Waals surface area contributed by atoms with Crippen LogP contribution in [0.2, 0.25) is 0 Å². The van der Waals surface area contributed by atoms with Gasteiger partial charge < -0.3 is 14.5 Å². The van der Waals surface area contributed by atoms with E-state index in [1.54, 1.807) is 20.1 Å². The van der Waals surface area contributed by atoms with Crippen LogP contribution in [0.4, 0.5) is 11.4 Å². The van der Waals surface area contributed by atoms with E-state index < -0.39 is 0 Å². The van der Waals surface area contributed by atoms with Gasteiger partial charge in [0, 0.05) is 30.4 Å². The van der Waals surface area contributed by atoms with Crippen molar-refractivity contribution < 1.29 is 14.3 Å². The number of benzene rings is 3. The van der Waals surface area contributed by atoms with Crippen LogP contribution >= 0.6 is 0 Å². The average molecular weight is 441 g/mol. The third kappa shape index (κ3) is 4.67. The standard InChI is InChI=1S/C28H28N2O3/c1-20-19-27(25-11-7-8-12-26(25)29(20)21(2)31)30(23-9-5-4-6-10-23)28(32)18-15-22-13-16-24(33-3)17-14-22/h4-18,20,27H,19H2,1-3H3/b18-15+/t20-,27-/m0/s1. The first kappa shape index (κ1) is 22.3. The predicted octanol–water partition coefficient (Wildman–Crippen LogP) is 5.63. The number of ether oxygens (including phenoxy) is 1. The van der Waals surface area contributed by atoms with E-state index in [0.29, 0.717) is 6.42 Å². The summed E-state index contributed by atoms with van der Waals surface area (Å²) in [4.78, 5) is 29.7. The molecular weight excluding hydrogens is 412 g/mol. The van der Waals surface area contributed by atoms with Crippen LogP contribution in [-0.2, 0) is 9.59 Å². The number of hydrogen-bond acceptors (Lipinski definition) is 3. The molecule has 33 heavy (non-hydrogen) atoms. The van der Waals surface area contributed by atoms with E-state index in [1.165, 1.54) is 0 Å². The average Bonchev–Trinajstić information content (AvgIpc) is 2.83. The van der Waals surface area contributed by atoms with Crippen molar-refractivity contribution in [3.05, 3.63) is 96.1 Å². The van der Waals surface area contributed by atoms with Crippen molar-refractivity contribution in [3.8, 4) is 5.75 Å². The van der Waals surface area contributed by atoms with Crippen molar-refractivity contribution in [2.45, 2.75) is 32.4 Å². The zero-order chi connectivity index (χ0) is 23.4. The first-order chi connectivity index (χ1) is 16.0. The van der Waals surface area contributed by atoms with Crippen molar-refractivity contribution in [1.82, 2.24) is 0 Å². The molecule has 0 bridgehead atoms. The Bertz CT molecular complexity index is 1160. The largest absolute Gasteiger partial charge is 0.497 e. The van der Waals surface area contributed by atoms with E-state index >= 15 is 0 Å². The molecule has 0 saturated heterocycles. The lowest BCUT2D eigenvalue weighted by Gasteiger charge is -2.43. The van der Waals surface area contributed by atoms with Crippen LogP contribution in [-0.4, -0.2) is 25.0 Å². The van der Waals surface area contributed by atoms with E-state index in [2.05, 4.69) is 0 Å². The second-order valence-corrected chi connectivity index (χ2v) is 8.20. The molecule has 5 heteroatoms. The van der Waals surface area contributed by atoms with Gasteiger partial charge in [0.1, 0.15) is 5.75 Å². The van der Waals surface area contributed by atoms with Gasteiger partial charge in [-0.05, 0) is 60.9 Å². The molecule has 5 nitrogen and oxygen atoms in total. The van der Waals surface area contributed by atoms with Crippen LogP contribution in [0.3, 0.4) is 0 Å². The first-order valence-corrected chi connectivity index (χ1v) is 11.1. The summed E-state index contributed by atoms with van der Waals surface area (Å²) >= 11 is 0. The van der Waals surface area contributed by atoms with Gasteiger partial charge in [0.2, 0.25) is 5.91 Å². The number of hydrogen-bond donors (Lipinski definition) is 0. The van der Waals surface area contributed by atoms with Crippen molar-refractivity contribution in [2.24, 2.45) is 0 Å². The highest BCUT2D eigenvalue weighted by atomic mass is 16.5. The van der Waals surface area contributed by atoms with Gasteiger partial charge in [-0.2, -0.15) is 0 Å². The van der Waals surface area contributed by atoms with Crippen molar-refractivity contribution in [3.63, 3.8) is 0 Å². The normalized spacial score (nSPS) is 17.5. The van der Waals surface area contributed by atoms with Crippen LogP contribution in [0.25, 0.3) is 6.08 Å². The highest BCUT2D eigenvalue weighted by Gasteiger charge is 2.37. The zero-order valence-corrected chi connectivity index (χ0v) is 19.1.